The standard InChI is InChI=1S/C49H30FN/c50-44-24-12-13-25-45(44)51(32-14-2-1-3-15-32)33-27-29-34-31(30-33)26-28-41-46-39-20-6-4-16-35(39)36-17-5-7-21-40(36)48(46)49(47(34)41)42-22-10-8-18-37(42)38-19-9-11-23-43(38)49/h1-30H. The van der Waals surface area contributed by atoms with Gasteiger partial charge < -0.3 is 4.90 Å². The molecular weight excluding hydrogens is 622 g/mol. The molecule has 0 atom stereocenters. The summed E-state index contributed by atoms with van der Waals surface area (Å²) in [6.45, 7) is 0. The summed E-state index contributed by atoms with van der Waals surface area (Å²) >= 11 is 0. The van der Waals surface area contributed by atoms with Crippen molar-refractivity contribution in [3.63, 3.8) is 0 Å². The molecule has 0 N–H and O–H groups in total. The van der Waals surface area contributed by atoms with E-state index in [4.69, 9.17) is 0 Å². The Balaban J connectivity index is 1.29. The molecule has 2 aliphatic rings. The number of benzene rings is 9. The largest absolute Gasteiger partial charge is 0.308 e. The number of halogens is 1. The Kier molecular flexibility index (Phi) is 5.83. The predicted octanol–water partition coefficient (Wildman–Crippen LogP) is 13.1. The summed E-state index contributed by atoms with van der Waals surface area (Å²) in [5.74, 6) is -0.261. The number of fused-ring (bicyclic) bond motifs is 17. The van der Waals surface area contributed by atoms with Gasteiger partial charge in [0.25, 0.3) is 0 Å². The molecule has 0 aromatic heterocycles. The normalized spacial score (nSPS) is 13.4. The van der Waals surface area contributed by atoms with Gasteiger partial charge >= 0.3 is 0 Å². The minimum absolute atomic E-state index is 0.261. The van der Waals surface area contributed by atoms with Gasteiger partial charge in [0.15, 0.2) is 0 Å². The van der Waals surface area contributed by atoms with Gasteiger partial charge in [0.2, 0.25) is 0 Å². The maximum atomic E-state index is 15.6. The smallest absolute Gasteiger partial charge is 0.147 e. The van der Waals surface area contributed by atoms with E-state index in [1.54, 1.807) is 6.07 Å². The first-order chi connectivity index (χ1) is 25.2. The predicted molar refractivity (Wildman–Crippen MR) is 210 cm³/mol. The van der Waals surface area contributed by atoms with Crippen LogP contribution in [0, 0.1) is 5.82 Å². The van der Waals surface area contributed by atoms with Crippen LogP contribution < -0.4 is 4.90 Å². The molecule has 0 saturated heterocycles. The molecule has 0 heterocycles. The molecule has 51 heavy (non-hydrogen) atoms. The average Bonchev–Trinajstić information content (AvgIpc) is 3.67. The minimum atomic E-state index is -0.535. The second-order valence-electron chi connectivity index (χ2n) is 13.7. The first kappa shape index (κ1) is 28.3. The van der Waals surface area contributed by atoms with Crippen LogP contribution in [0.15, 0.2) is 182 Å². The van der Waals surface area contributed by atoms with Crippen molar-refractivity contribution in [2.75, 3.05) is 4.90 Å². The molecule has 0 aliphatic heterocycles. The van der Waals surface area contributed by atoms with Crippen LogP contribution in [-0.4, -0.2) is 0 Å². The van der Waals surface area contributed by atoms with Gasteiger partial charge in [-0.15, -0.1) is 0 Å². The maximum Gasteiger partial charge on any atom is 0.147 e. The zero-order chi connectivity index (χ0) is 33.7. The van der Waals surface area contributed by atoms with E-state index in [0.717, 1.165) is 16.8 Å². The topological polar surface area (TPSA) is 3.24 Å². The number of hydrogen-bond donors (Lipinski definition) is 0. The Bertz CT molecular complexity index is 2840. The Hall–Kier alpha value is -6.51. The van der Waals surface area contributed by atoms with Gasteiger partial charge in [0.05, 0.1) is 11.1 Å². The summed E-state index contributed by atoms with van der Waals surface area (Å²) in [6, 6.07) is 64.2. The molecule has 1 nitrogen and oxygen atoms in total. The summed E-state index contributed by atoms with van der Waals surface area (Å²) in [5.41, 5.74) is 12.3. The van der Waals surface area contributed by atoms with Crippen LogP contribution in [-0.2, 0) is 5.41 Å². The van der Waals surface area contributed by atoms with Crippen LogP contribution in [0.1, 0.15) is 22.3 Å². The Morgan fingerprint density at radius 2 is 0.980 bits per heavy atom. The Labute approximate surface area is 295 Å². The fraction of sp³-hybridized carbons (Fsp3) is 0.0204. The van der Waals surface area contributed by atoms with E-state index >= 15 is 4.39 Å². The molecule has 0 amide bonds. The highest BCUT2D eigenvalue weighted by atomic mass is 19.1. The van der Waals surface area contributed by atoms with Crippen molar-refractivity contribution in [2.45, 2.75) is 5.41 Å². The molecule has 0 fully saturated rings. The van der Waals surface area contributed by atoms with Crippen LogP contribution >= 0.6 is 0 Å². The molecule has 1 spiro atoms. The second kappa shape index (κ2) is 10.5. The summed E-state index contributed by atoms with van der Waals surface area (Å²) in [4.78, 5) is 2.02. The molecule has 9 aromatic carbocycles. The second-order valence-corrected chi connectivity index (χ2v) is 13.7. The van der Waals surface area contributed by atoms with E-state index in [1.807, 2.05) is 47.4 Å². The van der Waals surface area contributed by atoms with Gasteiger partial charge in [0, 0.05) is 11.4 Å². The fourth-order valence-electron chi connectivity index (χ4n) is 9.42. The monoisotopic (exact) mass is 651 g/mol. The number of nitrogens with zero attached hydrogens (tertiary/aromatic N) is 1. The molecule has 0 saturated carbocycles. The zero-order valence-electron chi connectivity index (χ0n) is 27.6. The highest BCUT2D eigenvalue weighted by Gasteiger charge is 2.53. The van der Waals surface area contributed by atoms with Crippen molar-refractivity contribution in [1.82, 2.24) is 0 Å². The lowest BCUT2D eigenvalue weighted by molar-refractivity contribution is 0.629. The number of anilines is 3. The van der Waals surface area contributed by atoms with Crippen molar-refractivity contribution in [1.29, 1.82) is 0 Å². The van der Waals surface area contributed by atoms with Gasteiger partial charge in [-0.05, 0) is 113 Å². The Morgan fingerprint density at radius 1 is 0.392 bits per heavy atom. The lowest BCUT2D eigenvalue weighted by Gasteiger charge is -2.33. The first-order valence-corrected chi connectivity index (χ1v) is 17.6. The SMILES string of the molecule is Fc1ccccc1N(c1ccccc1)c1ccc2c3c(ccc2c1)-c1c(c2ccccc2c2ccccc12)C31c2ccccc2-c2ccccc21. The summed E-state index contributed by atoms with van der Waals surface area (Å²) < 4.78 is 15.6. The molecule has 0 bridgehead atoms. The van der Waals surface area contributed by atoms with Crippen LogP contribution in [0.2, 0.25) is 0 Å². The summed E-state index contributed by atoms with van der Waals surface area (Å²) in [6.07, 6.45) is 0. The molecule has 11 rings (SSSR count). The highest BCUT2D eigenvalue weighted by molar-refractivity contribution is 6.21. The summed E-state index contributed by atoms with van der Waals surface area (Å²) in [7, 11) is 0. The third-order valence-electron chi connectivity index (χ3n) is 11.3. The van der Waals surface area contributed by atoms with Crippen molar-refractivity contribution in [2.24, 2.45) is 0 Å². The van der Waals surface area contributed by atoms with Crippen LogP contribution in [0.25, 0.3) is 54.6 Å². The number of hydrogen-bond acceptors (Lipinski definition) is 1. The molecular formula is C49H30FN. The molecule has 2 heteroatoms. The fourth-order valence-corrected chi connectivity index (χ4v) is 9.42. The lowest BCUT2D eigenvalue weighted by atomic mass is 9.68. The van der Waals surface area contributed by atoms with E-state index in [-0.39, 0.29) is 5.82 Å². The van der Waals surface area contributed by atoms with Crippen LogP contribution in [0.4, 0.5) is 21.5 Å². The van der Waals surface area contributed by atoms with Crippen molar-refractivity contribution in [3.8, 4) is 22.3 Å². The van der Waals surface area contributed by atoms with E-state index in [1.165, 1.54) is 77.5 Å². The van der Waals surface area contributed by atoms with E-state index in [9.17, 15) is 0 Å². The Morgan fingerprint density at radius 3 is 1.71 bits per heavy atom. The van der Waals surface area contributed by atoms with E-state index < -0.39 is 5.41 Å². The van der Waals surface area contributed by atoms with Crippen molar-refractivity contribution < 1.29 is 4.39 Å². The van der Waals surface area contributed by atoms with Gasteiger partial charge in [-0.1, -0.05) is 146 Å². The summed E-state index contributed by atoms with van der Waals surface area (Å²) in [5, 5.41) is 7.43. The van der Waals surface area contributed by atoms with Gasteiger partial charge in [-0.3, -0.25) is 0 Å². The third-order valence-corrected chi connectivity index (χ3v) is 11.3. The molecule has 0 unspecified atom stereocenters. The van der Waals surface area contributed by atoms with Crippen molar-refractivity contribution in [3.05, 3.63) is 210 Å². The van der Waals surface area contributed by atoms with E-state index in [2.05, 4.69) is 127 Å². The maximum absolute atomic E-state index is 15.6. The molecule has 0 radical (unpaired) electrons. The quantitative estimate of drug-likeness (QED) is 0.172. The van der Waals surface area contributed by atoms with Gasteiger partial charge in [0.1, 0.15) is 5.82 Å². The molecule has 9 aromatic rings. The molecule has 238 valence electrons. The molecule has 2 aliphatic carbocycles. The van der Waals surface area contributed by atoms with Crippen LogP contribution in [0.3, 0.4) is 0 Å². The number of rotatable bonds is 3. The lowest BCUT2D eigenvalue weighted by Crippen LogP contribution is -2.26. The average molecular weight is 652 g/mol. The van der Waals surface area contributed by atoms with Gasteiger partial charge in [-0.25, -0.2) is 4.39 Å². The highest BCUT2D eigenvalue weighted by Crippen LogP contribution is 2.66. The minimum Gasteiger partial charge on any atom is -0.308 e. The first-order valence-electron chi connectivity index (χ1n) is 17.6. The van der Waals surface area contributed by atoms with Crippen LogP contribution in [0.5, 0.6) is 0 Å². The van der Waals surface area contributed by atoms with E-state index in [0.29, 0.717) is 5.69 Å². The number of para-hydroxylation sites is 2. The zero-order valence-corrected chi connectivity index (χ0v) is 27.6. The van der Waals surface area contributed by atoms with Crippen molar-refractivity contribution >= 4 is 49.4 Å². The third kappa shape index (κ3) is 3.69. The van der Waals surface area contributed by atoms with Gasteiger partial charge in [-0.2, -0.15) is 0 Å².